The minimum absolute atomic E-state index is 0.0580. The number of hydrogen-bond donors (Lipinski definition) is 0. The van der Waals surface area contributed by atoms with Crippen molar-refractivity contribution >= 4 is 11.5 Å². The first kappa shape index (κ1) is 21.7. The number of rotatable bonds is 3. The van der Waals surface area contributed by atoms with Crippen LogP contribution in [0.5, 0.6) is 0 Å². The summed E-state index contributed by atoms with van der Waals surface area (Å²) in [6.07, 6.45) is 3.36. The fraction of sp³-hybridized carbons (Fsp3) is 0.233. The van der Waals surface area contributed by atoms with E-state index in [-0.39, 0.29) is 11.4 Å². The molecule has 3 aromatic carbocycles. The van der Waals surface area contributed by atoms with Crippen LogP contribution >= 0.6 is 0 Å². The van der Waals surface area contributed by atoms with E-state index in [4.69, 9.17) is 4.74 Å². The van der Waals surface area contributed by atoms with Crippen LogP contribution in [0.1, 0.15) is 70.9 Å². The van der Waals surface area contributed by atoms with E-state index in [2.05, 4.69) is 81.2 Å². The molecule has 0 bridgehead atoms. The molecule has 2 heteroatoms. The highest BCUT2D eigenvalue weighted by Crippen LogP contribution is 2.41. The van der Waals surface area contributed by atoms with Gasteiger partial charge in [0.2, 0.25) is 0 Å². The lowest BCUT2D eigenvalue weighted by Gasteiger charge is -2.32. The molecule has 0 amide bonds. The lowest BCUT2D eigenvalue weighted by Crippen LogP contribution is -2.22. The van der Waals surface area contributed by atoms with Gasteiger partial charge in [-0.2, -0.15) is 0 Å². The first-order valence-corrected chi connectivity index (χ1v) is 11.1. The van der Waals surface area contributed by atoms with Crippen molar-refractivity contribution < 1.29 is 9.53 Å². The fourth-order valence-corrected chi connectivity index (χ4v) is 4.05. The minimum Gasteiger partial charge on any atom is -0.462 e. The van der Waals surface area contributed by atoms with Gasteiger partial charge in [0.05, 0.1) is 12.2 Å². The van der Waals surface area contributed by atoms with Crippen LogP contribution in [0.4, 0.5) is 0 Å². The maximum Gasteiger partial charge on any atom is 0.338 e. The normalized spacial score (nSPS) is 13.9. The van der Waals surface area contributed by atoms with Crippen molar-refractivity contribution in [3.05, 3.63) is 112 Å². The molecule has 0 radical (unpaired) electrons. The van der Waals surface area contributed by atoms with E-state index >= 15 is 0 Å². The summed E-state index contributed by atoms with van der Waals surface area (Å²) >= 11 is 0. The largest absolute Gasteiger partial charge is 0.462 e. The van der Waals surface area contributed by atoms with Crippen LogP contribution in [-0.4, -0.2) is 12.6 Å². The molecule has 4 rings (SSSR count). The van der Waals surface area contributed by atoms with E-state index in [1.165, 1.54) is 27.8 Å². The van der Waals surface area contributed by atoms with E-state index in [0.717, 1.165) is 17.5 Å². The summed E-state index contributed by atoms with van der Waals surface area (Å²) in [5.74, 6) is 6.22. The van der Waals surface area contributed by atoms with Crippen molar-refractivity contribution in [1.82, 2.24) is 0 Å². The number of fused-ring (bicyclic) bond motifs is 1. The zero-order valence-electron chi connectivity index (χ0n) is 19.2. The van der Waals surface area contributed by atoms with Gasteiger partial charge in [-0.3, -0.25) is 0 Å². The van der Waals surface area contributed by atoms with Gasteiger partial charge >= 0.3 is 5.97 Å². The molecule has 0 fully saturated rings. The SMILES string of the molecule is CCOC(=O)c1ccc(C#Cc2ccc3c(c2)C(C)(C)CC=C3c2ccc(C)cc2)cc1. The van der Waals surface area contributed by atoms with Crippen LogP contribution in [0.3, 0.4) is 0 Å². The number of benzene rings is 3. The summed E-state index contributed by atoms with van der Waals surface area (Å²) in [7, 11) is 0. The molecule has 160 valence electrons. The average molecular weight is 421 g/mol. The molecule has 0 aromatic heterocycles. The van der Waals surface area contributed by atoms with Gasteiger partial charge in [0, 0.05) is 11.1 Å². The summed E-state index contributed by atoms with van der Waals surface area (Å²) in [6, 6.07) is 22.5. The third kappa shape index (κ3) is 4.53. The maximum absolute atomic E-state index is 11.8. The van der Waals surface area contributed by atoms with Crippen LogP contribution in [-0.2, 0) is 10.2 Å². The zero-order chi connectivity index (χ0) is 22.7. The fourth-order valence-electron chi connectivity index (χ4n) is 4.05. The van der Waals surface area contributed by atoms with Crippen LogP contribution in [0.15, 0.2) is 72.8 Å². The lowest BCUT2D eigenvalue weighted by atomic mass is 9.72. The number of ether oxygens (including phenoxy) is 1. The zero-order valence-corrected chi connectivity index (χ0v) is 19.2. The van der Waals surface area contributed by atoms with Gasteiger partial charge in [0.1, 0.15) is 0 Å². The van der Waals surface area contributed by atoms with Crippen LogP contribution in [0.2, 0.25) is 0 Å². The van der Waals surface area contributed by atoms with Gasteiger partial charge in [-0.1, -0.05) is 67.7 Å². The van der Waals surface area contributed by atoms with Crippen molar-refractivity contribution in [2.45, 2.75) is 39.5 Å². The highest BCUT2D eigenvalue weighted by molar-refractivity contribution is 5.89. The molecule has 2 nitrogen and oxygen atoms in total. The molecular formula is C30H28O2. The molecule has 0 N–H and O–H groups in total. The Morgan fingerprint density at radius 3 is 2.28 bits per heavy atom. The predicted octanol–water partition coefficient (Wildman–Crippen LogP) is 6.68. The minimum atomic E-state index is -0.304. The molecule has 3 aromatic rings. The van der Waals surface area contributed by atoms with E-state index < -0.39 is 0 Å². The monoisotopic (exact) mass is 420 g/mol. The van der Waals surface area contributed by atoms with Crippen molar-refractivity contribution in [1.29, 1.82) is 0 Å². The summed E-state index contributed by atoms with van der Waals surface area (Å²) in [5.41, 5.74) is 8.92. The smallest absolute Gasteiger partial charge is 0.338 e. The second-order valence-electron chi connectivity index (χ2n) is 8.88. The summed E-state index contributed by atoms with van der Waals surface area (Å²) in [4.78, 5) is 11.8. The Morgan fingerprint density at radius 2 is 1.59 bits per heavy atom. The quantitative estimate of drug-likeness (QED) is 0.349. The molecule has 0 aliphatic heterocycles. The predicted molar refractivity (Wildman–Crippen MR) is 131 cm³/mol. The third-order valence-corrected chi connectivity index (χ3v) is 5.97. The van der Waals surface area contributed by atoms with Gasteiger partial charge < -0.3 is 4.74 Å². The number of allylic oxidation sites excluding steroid dienone is 1. The van der Waals surface area contributed by atoms with E-state index in [1.807, 2.05) is 12.1 Å². The molecule has 0 heterocycles. The first-order chi connectivity index (χ1) is 15.4. The third-order valence-electron chi connectivity index (χ3n) is 5.97. The van der Waals surface area contributed by atoms with E-state index in [1.54, 1.807) is 19.1 Å². The van der Waals surface area contributed by atoms with Crippen LogP contribution < -0.4 is 0 Å². The molecule has 0 atom stereocenters. The van der Waals surface area contributed by atoms with Crippen molar-refractivity contribution in [2.75, 3.05) is 6.61 Å². The number of carbonyl (C=O) groups is 1. The van der Waals surface area contributed by atoms with Gasteiger partial charge in [-0.05, 0) is 84.3 Å². The lowest BCUT2D eigenvalue weighted by molar-refractivity contribution is 0.0526. The van der Waals surface area contributed by atoms with Crippen molar-refractivity contribution in [3.8, 4) is 11.8 Å². The number of aryl methyl sites for hydroxylation is 1. The molecule has 0 spiro atoms. The molecule has 0 unspecified atom stereocenters. The molecule has 0 saturated heterocycles. The Bertz CT molecular complexity index is 1230. The van der Waals surface area contributed by atoms with E-state index in [0.29, 0.717) is 12.2 Å². The molecule has 1 aliphatic carbocycles. The number of esters is 1. The molecule has 0 saturated carbocycles. The Kier molecular flexibility index (Phi) is 6.01. The van der Waals surface area contributed by atoms with Crippen molar-refractivity contribution in [2.24, 2.45) is 0 Å². The highest BCUT2D eigenvalue weighted by Gasteiger charge is 2.28. The van der Waals surface area contributed by atoms with Crippen molar-refractivity contribution in [3.63, 3.8) is 0 Å². The van der Waals surface area contributed by atoms with E-state index in [9.17, 15) is 4.79 Å². The van der Waals surface area contributed by atoms with Crippen LogP contribution in [0.25, 0.3) is 5.57 Å². The molecule has 1 aliphatic rings. The topological polar surface area (TPSA) is 26.3 Å². The Morgan fingerprint density at radius 1 is 0.938 bits per heavy atom. The Hall–Kier alpha value is -3.57. The highest BCUT2D eigenvalue weighted by atomic mass is 16.5. The average Bonchev–Trinajstić information content (AvgIpc) is 2.79. The Labute approximate surface area is 191 Å². The van der Waals surface area contributed by atoms with Gasteiger partial charge in [-0.15, -0.1) is 0 Å². The summed E-state index contributed by atoms with van der Waals surface area (Å²) < 4.78 is 5.04. The van der Waals surface area contributed by atoms with Gasteiger partial charge in [0.15, 0.2) is 0 Å². The second-order valence-corrected chi connectivity index (χ2v) is 8.88. The summed E-state index contributed by atoms with van der Waals surface area (Å²) in [5, 5.41) is 0. The van der Waals surface area contributed by atoms with Gasteiger partial charge in [0.25, 0.3) is 0 Å². The standard InChI is InChI=1S/C30H28O2/c1-5-32-29(31)25-15-10-22(11-16-25)8-9-23-12-17-27-26(24-13-6-21(2)7-14-24)18-19-30(3,4)28(27)20-23/h6-7,10-18,20H,5,19H2,1-4H3. The molecular weight excluding hydrogens is 392 g/mol. The second kappa shape index (κ2) is 8.89. The Balaban J connectivity index is 1.63. The van der Waals surface area contributed by atoms with Gasteiger partial charge in [-0.25, -0.2) is 4.79 Å². The maximum atomic E-state index is 11.8. The number of hydrogen-bond acceptors (Lipinski definition) is 2. The van der Waals surface area contributed by atoms with Crippen LogP contribution in [0, 0.1) is 18.8 Å². The molecule has 32 heavy (non-hydrogen) atoms. The number of carbonyl (C=O) groups excluding carboxylic acids is 1. The first-order valence-electron chi connectivity index (χ1n) is 11.1. The summed E-state index contributed by atoms with van der Waals surface area (Å²) in [6.45, 7) is 8.87.